The molecule has 0 radical (unpaired) electrons. The molecular weight excluding hydrogens is 336 g/mol. The normalized spacial score (nSPS) is 18.2. The van der Waals surface area contributed by atoms with Crippen molar-refractivity contribution in [1.29, 1.82) is 0 Å². The number of fused-ring (bicyclic) bond motifs is 1. The lowest BCUT2D eigenvalue weighted by molar-refractivity contribution is -0.0755. The van der Waals surface area contributed by atoms with Gasteiger partial charge < -0.3 is 10.2 Å². The third-order valence-electron chi connectivity index (χ3n) is 5.04. The van der Waals surface area contributed by atoms with Gasteiger partial charge in [-0.25, -0.2) is 14.6 Å². The van der Waals surface area contributed by atoms with E-state index in [0.29, 0.717) is 0 Å². The first kappa shape index (κ1) is 14.8. The predicted molar refractivity (Wildman–Crippen MR) is 97.4 cm³/mol. The molecule has 1 spiro atoms. The number of oxime groups is 1. The minimum absolute atomic E-state index is 0.0731. The lowest BCUT2D eigenvalue weighted by Gasteiger charge is -2.34. The fraction of sp³-hybridized carbons (Fsp3) is 0.412. The minimum Gasteiger partial charge on any atom is -0.389 e. The van der Waals surface area contributed by atoms with Crippen molar-refractivity contribution in [2.24, 2.45) is 5.16 Å². The molecule has 0 unspecified atom stereocenters. The number of hydrogen-bond donors (Lipinski definition) is 1. The Kier molecular flexibility index (Phi) is 3.27. The summed E-state index contributed by atoms with van der Waals surface area (Å²) in [5.41, 5.74) is 3.68. The summed E-state index contributed by atoms with van der Waals surface area (Å²) in [4.78, 5) is 14.8. The standard InChI is InChI=1S/C17H18N6OS/c1-2-23-15-12(10-20-23)14(21-16-18-6-7-25-16)11(9-19-15)13-8-17(24-22-13)4-3-5-17/h6-7,9-10H,2-5,8H2,1H3,(H,18,19,21). The number of thiazole rings is 1. The number of nitrogens with one attached hydrogen (secondary N) is 1. The summed E-state index contributed by atoms with van der Waals surface area (Å²) < 4.78 is 1.90. The number of aromatic nitrogens is 4. The first-order chi connectivity index (χ1) is 12.3. The molecule has 1 saturated carbocycles. The van der Waals surface area contributed by atoms with Crippen molar-refractivity contribution in [2.75, 3.05) is 5.32 Å². The molecular formula is C17H18N6OS. The number of aryl methyl sites for hydroxylation is 1. The van der Waals surface area contributed by atoms with Crippen LogP contribution in [0.15, 0.2) is 29.1 Å². The van der Waals surface area contributed by atoms with Crippen molar-refractivity contribution in [1.82, 2.24) is 19.7 Å². The summed E-state index contributed by atoms with van der Waals surface area (Å²) >= 11 is 1.56. The van der Waals surface area contributed by atoms with Crippen LogP contribution in [0.25, 0.3) is 11.0 Å². The average Bonchev–Trinajstić information content (AvgIpc) is 3.33. The Morgan fingerprint density at radius 3 is 2.92 bits per heavy atom. The minimum atomic E-state index is -0.0731. The summed E-state index contributed by atoms with van der Waals surface area (Å²) in [5.74, 6) is 0. The molecule has 25 heavy (non-hydrogen) atoms. The summed E-state index contributed by atoms with van der Waals surface area (Å²) in [6.45, 7) is 2.84. The lowest BCUT2D eigenvalue weighted by Crippen LogP contribution is -2.36. The summed E-state index contributed by atoms with van der Waals surface area (Å²) in [5, 5.41) is 16.1. The van der Waals surface area contributed by atoms with Crippen LogP contribution in [0.3, 0.4) is 0 Å². The van der Waals surface area contributed by atoms with E-state index >= 15 is 0 Å². The van der Waals surface area contributed by atoms with Gasteiger partial charge in [0.05, 0.1) is 23.0 Å². The smallest absolute Gasteiger partial charge is 0.187 e. The molecule has 0 bridgehead atoms. The van der Waals surface area contributed by atoms with E-state index in [-0.39, 0.29) is 5.60 Å². The number of pyridine rings is 1. The van der Waals surface area contributed by atoms with Crippen molar-refractivity contribution >= 4 is 38.9 Å². The van der Waals surface area contributed by atoms with E-state index in [2.05, 4.69) is 32.5 Å². The second-order valence-corrected chi connectivity index (χ2v) is 7.44. The van der Waals surface area contributed by atoms with Gasteiger partial charge >= 0.3 is 0 Å². The van der Waals surface area contributed by atoms with Gasteiger partial charge in [-0.05, 0) is 26.2 Å². The molecule has 1 aliphatic heterocycles. The Hall–Kier alpha value is -2.48. The monoisotopic (exact) mass is 354 g/mol. The van der Waals surface area contributed by atoms with Gasteiger partial charge in [-0.1, -0.05) is 5.16 Å². The van der Waals surface area contributed by atoms with Crippen molar-refractivity contribution in [3.05, 3.63) is 29.5 Å². The molecule has 0 atom stereocenters. The van der Waals surface area contributed by atoms with Crippen LogP contribution in [-0.2, 0) is 11.4 Å². The number of hydrogen-bond acceptors (Lipinski definition) is 7. The third kappa shape index (κ3) is 2.31. The summed E-state index contributed by atoms with van der Waals surface area (Å²) in [7, 11) is 0. The molecule has 0 saturated heterocycles. The number of rotatable bonds is 4. The van der Waals surface area contributed by atoms with E-state index in [1.807, 2.05) is 22.5 Å². The van der Waals surface area contributed by atoms with E-state index < -0.39 is 0 Å². The van der Waals surface area contributed by atoms with Crippen molar-refractivity contribution < 1.29 is 4.84 Å². The molecule has 1 N–H and O–H groups in total. The fourth-order valence-electron chi connectivity index (χ4n) is 3.51. The molecule has 2 aliphatic rings. The van der Waals surface area contributed by atoms with Crippen LogP contribution in [0.5, 0.6) is 0 Å². The second-order valence-electron chi connectivity index (χ2n) is 6.55. The molecule has 4 heterocycles. The van der Waals surface area contributed by atoms with Gasteiger partial charge in [0.2, 0.25) is 0 Å². The van der Waals surface area contributed by atoms with Gasteiger partial charge in [0.1, 0.15) is 5.60 Å². The Balaban J connectivity index is 1.62. The van der Waals surface area contributed by atoms with Gasteiger partial charge in [0, 0.05) is 36.3 Å². The highest BCUT2D eigenvalue weighted by molar-refractivity contribution is 7.13. The Morgan fingerprint density at radius 1 is 1.32 bits per heavy atom. The highest BCUT2D eigenvalue weighted by Gasteiger charge is 2.45. The van der Waals surface area contributed by atoms with Crippen molar-refractivity contribution in [3.8, 4) is 0 Å². The largest absolute Gasteiger partial charge is 0.389 e. The van der Waals surface area contributed by atoms with Gasteiger partial charge in [-0.2, -0.15) is 5.10 Å². The average molecular weight is 354 g/mol. The van der Waals surface area contributed by atoms with Crippen LogP contribution in [0, 0.1) is 0 Å². The molecule has 3 aromatic heterocycles. The molecule has 1 aliphatic carbocycles. The zero-order valence-corrected chi connectivity index (χ0v) is 14.7. The van der Waals surface area contributed by atoms with E-state index in [1.54, 1.807) is 17.5 Å². The van der Waals surface area contributed by atoms with E-state index in [4.69, 9.17) is 4.84 Å². The zero-order valence-electron chi connectivity index (χ0n) is 13.9. The van der Waals surface area contributed by atoms with E-state index in [0.717, 1.165) is 58.9 Å². The molecule has 128 valence electrons. The second kappa shape index (κ2) is 5.52. The van der Waals surface area contributed by atoms with Crippen molar-refractivity contribution in [3.63, 3.8) is 0 Å². The van der Waals surface area contributed by atoms with Gasteiger partial charge in [-0.15, -0.1) is 11.3 Å². The van der Waals surface area contributed by atoms with E-state index in [9.17, 15) is 0 Å². The van der Waals surface area contributed by atoms with E-state index in [1.165, 1.54) is 6.42 Å². The van der Waals surface area contributed by atoms with Crippen LogP contribution in [0.2, 0.25) is 0 Å². The maximum atomic E-state index is 5.77. The maximum Gasteiger partial charge on any atom is 0.187 e. The Labute approximate surface area is 148 Å². The van der Waals surface area contributed by atoms with Crippen LogP contribution < -0.4 is 5.32 Å². The van der Waals surface area contributed by atoms with Crippen LogP contribution in [-0.4, -0.2) is 31.1 Å². The first-order valence-corrected chi connectivity index (χ1v) is 9.42. The zero-order chi connectivity index (χ0) is 16.9. The predicted octanol–water partition coefficient (Wildman–Crippen LogP) is 3.70. The Bertz CT molecular complexity index is 957. The van der Waals surface area contributed by atoms with Gasteiger partial charge in [-0.3, -0.25) is 0 Å². The highest BCUT2D eigenvalue weighted by Crippen LogP contribution is 2.44. The highest BCUT2D eigenvalue weighted by atomic mass is 32.1. The number of nitrogens with zero attached hydrogens (tertiary/aromatic N) is 5. The van der Waals surface area contributed by atoms with Crippen LogP contribution in [0.4, 0.5) is 10.8 Å². The topological polar surface area (TPSA) is 77.2 Å². The Morgan fingerprint density at radius 2 is 2.24 bits per heavy atom. The molecule has 1 fully saturated rings. The summed E-state index contributed by atoms with van der Waals surface area (Å²) in [6.07, 6.45) is 9.76. The van der Waals surface area contributed by atoms with Crippen molar-refractivity contribution in [2.45, 2.75) is 44.8 Å². The number of anilines is 2. The molecule has 0 amide bonds. The van der Waals surface area contributed by atoms with Crippen LogP contribution >= 0.6 is 11.3 Å². The quantitative estimate of drug-likeness (QED) is 0.773. The van der Waals surface area contributed by atoms with Gasteiger partial charge in [0.15, 0.2) is 10.8 Å². The van der Waals surface area contributed by atoms with Gasteiger partial charge in [0.25, 0.3) is 0 Å². The molecule has 8 heteroatoms. The SMILES string of the molecule is CCn1ncc2c(Nc3nccs3)c(C3=NOC4(CCC4)C3)cnc21. The first-order valence-electron chi connectivity index (χ1n) is 8.54. The fourth-order valence-corrected chi connectivity index (χ4v) is 4.04. The lowest BCUT2D eigenvalue weighted by atomic mass is 9.76. The van der Waals surface area contributed by atoms with Crippen LogP contribution in [0.1, 0.15) is 38.2 Å². The molecule has 5 rings (SSSR count). The molecule has 7 nitrogen and oxygen atoms in total. The maximum absolute atomic E-state index is 5.77. The molecule has 3 aromatic rings. The third-order valence-corrected chi connectivity index (χ3v) is 5.73. The summed E-state index contributed by atoms with van der Waals surface area (Å²) in [6, 6.07) is 0. The molecule has 0 aromatic carbocycles.